The predicted molar refractivity (Wildman–Crippen MR) is 118 cm³/mol. The number of amides is 1. The lowest BCUT2D eigenvalue weighted by Crippen LogP contribution is -2.26. The number of benzene rings is 1. The van der Waals surface area contributed by atoms with Crippen molar-refractivity contribution in [2.45, 2.75) is 6.42 Å². The number of carbonyl (C=O) groups is 1. The number of fused-ring (bicyclic) bond motifs is 2. The fourth-order valence-electron chi connectivity index (χ4n) is 3.77. The van der Waals surface area contributed by atoms with Crippen LogP contribution < -0.4 is 15.0 Å². The molecule has 1 aliphatic heterocycles. The zero-order valence-corrected chi connectivity index (χ0v) is 17.2. The van der Waals surface area contributed by atoms with Gasteiger partial charge in [-0.1, -0.05) is 12.6 Å². The van der Waals surface area contributed by atoms with Crippen molar-refractivity contribution in [2.24, 2.45) is 7.05 Å². The molecule has 1 aromatic carbocycles. The van der Waals surface area contributed by atoms with Gasteiger partial charge in [-0.25, -0.2) is 0 Å². The van der Waals surface area contributed by atoms with Gasteiger partial charge in [-0.15, -0.1) is 0 Å². The SMILES string of the molecule is C=CC(=O)N1CCc2c(Oc3nc(Nc4cnn(C)c4)nc4[nH]cc(C#N)c34)cccc21. The Morgan fingerprint density at radius 1 is 1.41 bits per heavy atom. The van der Waals surface area contributed by atoms with Gasteiger partial charge in [-0.05, 0) is 24.6 Å². The monoisotopic (exact) mass is 426 g/mol. The molecule has 5 rings (SSSR count). The Morgan fingerprint density at radius 2 is 2.28 bits per heavy atom. The smallest absolute Gasteiger partial charge is 0.250 e. The summed E-state index contributed by atoms with van der Waals surface area (Å²) >= 11 is 0. The second-order valence-electron chi connectivity index (χ2n) is 7.22. The van der Waals surface area contributed by atoms with Crippen LogP contribution in [0.15, 0.2) is 49.4 Å². The summed E-state index contributed by atoms with van der Waals surface area (Å²) in [5, 5.41) is 17.3. The van der Waals surface area contributed by atoms with Gasteiger partial charge in [0.25, 0.3) is 0 Å². The lowest BCUT2D eigenvalue weighted by Gasteiger charge is -2.16. The number of aromatic nitrogens is 5. The van der Waals surface area contributed by atoms with E-state index in [1.807, 2.05) is 25.2 Å². The molecule has 32 heavy (non-hydrogen) atoms. The summed E-state index contributed by atoms with van der Waals surface area (Å²) in [6.45, 7) is 4.12. The van der Waals surface area contributed by atoms with Gasteiger partial charge in [-0.3, -0.25) is 9.48 Å². The second-order valence-corrected chi connectivity index (χ2v) is 7.22. The maximum atomic E-state index is 12.2. The predicted octanol–water partition coefficient (Wildman–Crippen LogP) is 3.17. The fourth-order valence-corrected chi connectivity index (χ4v) is 3.77. The van der Waals surface area contributed by atoms with Gasteiger partial charge < -0.3 is 19.9 Å². The molecule has 0 radical (unpaired) electrons. The summed E-state index contributed by atoms with van der Waals surface area (Å²) in [5.74, 6) is 0.939. The molecule has 0 fully saturated rings. The van der Waals surface area contributed by atoms with Crippen LogP contribution >= 0.6 is 0 Å². The summed E-state index contributed by atoms with van der Waals surface area (Å²) in [7, 11) is 1.81. The summed E-state index contributed by atoms with van der Waals surface area (Å²) in [4.78, 5) is 25.8. The van der Waals surface area contributed by atoms with Crippen LogP contribution in [-0.4, -0.2) is 37.2 Å². The molecule has 1 aliphatic rings. The van der Waals surface area contributed by atoms with E-state index in [0.717, 1.165) is 11.3 Å². The van der Waals surface area contributed by atoms with Crippen LogP contribution in [0.2, 0.25) is 0 Å². The van der Waals surface area contributed by atoms with Crippen LogP contribution in [-0.2, 0) is 18.3 Å². The topological polar surface area (TPSA) is 125 Å². The van der Waals surface area contributed by atoms with Gasteiger partial charge in [0.15, 0.2) is 0 Å². The van der Waals surface area contributed by atoms with E-state index in [-0.39, 0.29) is 11.8 Å². The van der Waals surface area contributed by atoms with Crippen molar-refractivity contribution in [3.63, 3.8) is 0 Å². The average Bonchev–Trinajstić information content (AvgIpc) is 3.51. The molecule has 0 saturated carbocycles. The molecular formula is C22H18N8O2. The highest BCUT2D eigenvalue weighted by Crippen LogP contribution is 2.39. The number of ether oxygens (including phenoxy) is 1. The Kier molecular flexibility index (Phi) is 4.56. The highest BCUT2D eigenvalue weighted by atomic mass is 16.5. The molecule has 2 N–H and O–H groups in total. The first-order chi connectivity index (χ1) is 15.6. The zero-order chi connectivity index (χ0) is 22.2. The Bertz CT molecular complexity index is 1410. The van der Waals surface area contributed by atoms with E-state index in [1.165, 1.54) is 6.08 Å². The molecule has 4 aromatic rings. The van der Waals surface area contributed by atoms with Crippen LogP contribution in [0.4, 0.5) is 17.3 Å². The molecule has 0 atom stereocenters. The van der Waals surface area contributed by atoms with E-state index in [2.05, 4.69) is 38.0 Å². The third-order valence-electron chi connectivity index (χ3n) is 5.21. The number of anilines is 3. The van der Waals surface area contributed by atoms with Crippen LogP contribution in [0.1, 0.15) is 11.1 Å². The maximum Gasteiger partial charge on any atom is 0.250 e. The molecule has 1 amide bonds. The summed E-state index contributed by atoms with van der Waals surface area (Å²) in [6.07, 6.45) is 6.95. The van der Waals surface area contributed by atoms with Crippen molar-refractivity contribution in [2.75, 3.05) is 16.8 Å². The summed E-state index contributed by atoms with van der Waals surface area (Å²) in [6, 6.07) is 7.65. The van der Waals surface area contributed by atoms with E-state index in [0.29, 0.717) is 46.9 Å². The molecule has 4 heterocycles. The van der Waals surface area contributed by atoms with Gasteiger partial charge >= 0.3 is 0 Å². The number of rotatable bonds is 5. The minimum atomic E-state index is -0.161. The van der Waals surface area contributed by atoms with Crippen molar-refractivity contribution in [1.82, 2.24) is 24.7 Å². The molecule has 10 heteroatoms. The van der Waals surface area contributed by atoms with Crippen molar-refractivity contribution >= 4 is 34.3 Å². The average molecular weight is 426 g/mol. The van der Waals surface area contributed by atoms with Crippen LogP contribution in [0.25, 0.3) is 11.0 Å². The van der Waals surface area contributed by atoms with Gasteiger partial charge in [0.1, 0.15) is 17.5 Å². The van der Waals surface area contributed by atoms with E-state index in [9.17, 15) is 10.1 Å². The summed E-state index contributed by atoms with van der Waals surface area (Å²) < 4.78 is 7.89. The van der Waals surface area contributed by atoms with Crippen molar-refractivity contribution in [1.29, 1.82) is 5.26 Å². The number of hydrogen-bond acceptors (Lipinski definition) is 7. The van der Waals surface area contributed by atoms with Gasteiger partial charge in [0.2, 0.25) is 17.7 Å². The van der Waals surface area contributed by atoms with Gasteiger partial charge in [0, 0.05) is 31.5 Å². The molecule has 10 nitrogen and oxygen atoms in total. The third-order valence-corrected chi connectivity index (χ3v) is 5.21. The molecular weight excluding hydrogens is 408 g/mol. The van der Waals surface area contributed by atoms with Crippen LogP contribution in [0, 0.1) is 11.3 Å². The third kappa shape index (κ3) is 3.22. The summed E-state index contributed by atoms with van der Waals surface area (Å²) in [5.41, 5.74) is 3.23. The first kappa shape index (κ1) is 19.3. The largest absolute Gasteiger partial charge is 0.438 e. The van der Waals surface area contributed by atoms with Crippen LogP contribution in [0.3, 0.4) is 0 Å². The van der Waals surface area contributed by atoms with E-state index in [4.69, 9.17) is 4.74 Å². The number of H-pyrrole nitrogens is 1. The fraction of sp³-hybridized carbons (Fsp3) is 0.136. The zero-order valence-electron chi connectivity index (χ0n) is 17.2. The van der Waals surface area contributed by atoms with E-state index in [1.54, 1.807) is 28.2 Å². The van der Waals surface area contributed by atoms with Gasteiger partial charge in [0.05, 0.1) is 28.5 Å². The minimum Gasteiger partial charge on any atom is -0.438 e. The van der Waals surface area contributed by atoms with Crippen molar-refractivity contribution in [3.05, 3.63) is 60.6 Å². The first-order valence-electron chi connectivity index (χ1n) is 9.86. The Balaban J connectivity index is 1.58. The molecule has 0 saturated heterocycles. The molecule has 0 aliphatic carbocycles. The number of aryl methyl sites for hydroxylation is 1. The Morgan fingerprint density at radius 3 is 3.03 bits per heavy atom. The van der Waals surface area contributed by atoms with Gasteiger partial charge in [-0.2, -0.15) is 20.3 Å². The highest BCUT2D eigenvalue weighted by Gasteiger charge is 2.27. The standard InChI is InChI=1S/C22H18N8O2/c1-3-18(31)30-8-7-15-16(30)5-4-6-17(15)32-21-19-13(9-23)10-24-20(19)27-22(28-21)26-14-11-25-29(2)12-14/h3-6,10-12H,1,7-8H2,2H3,(H2,24,26,27,28). The number of carbonyl (C=O) groups excluding carboxylic acids is 1. The number of nitrogens with one attached hydrogen (secondary N) is 2. The first-order valence-corrected chi connectivity index (χ1v) is 9.86. The molecule has 0 bridgehead atoms. The van der Waals surface area contributed by atoms with Crippen molar-refractivity contribution < 1.29 is 9.53 Å². The quantitative estimate of drug-likeness (QED) is 0.470. The Hall–Kier alpha value is -4.65. The van der Waals surface area contributed by atoms with Crippen molar-refractivity contribution in [3.8, 4) is 17.7 Å². The molecule has 0 spiro atoms. The van der Waals surface area contributed by atoms with Crippen LogP contribution in [0.5, 0.6) is 11.6 Å². The molecule has 0 unspecified atom stereocenters. The van der Waals surface area contributed by atoms with E-state index < -0.39 is 0 Å². The minimum absolute atomic E-state index is 0.161. The molecule has 3 aromatic heterocycles. The molecule has 158 valence electrons. The second kappa shape index (κ2) is 7.55. The number of nitriles is 1. The Labute approximate surface area is 182 Å². The highest BCUT2D eigenvalue weighted by molar-refractivity contribution is 6.03. The normalized spacial score (nSPS) is 12.4. The lowest BCUT2D eigenvalue weighted by atomic mass is 10.1. The number of hydrogen-bond donors (Lipinski definition) is 2. The maximum absolute atomic E-state index is 12.2. The number of nitrogens with zero attached hydrogens (tertiary/aromatic N) is 6. The lowest BCUT2D eigenvalue weighted by molar-refractivity contribution is -0.114. The van der Waals surface area contributed by atoms with E-state index >= 15 is 0 Å². The number of aromatic amines is 1.